The molecule has 0 saturated carbocycles. The van der Waals surface area contributed by atoms with Gasteiger partial charge in [0.2, 0.25) is 15.9 Å². The Kier molecular flexibility index (Phi) is 6.63. The van der Waals surface area contributed by atoms with Crippen LogP contribution in [0.2, 0.25) is 0 Å². The van der Waals surface area contributed by atoms with Crippen molar-refractivity contribution in [3.05, 3.63) is 82.0 Å². The van der Waals surface area contributed by atoms with Crippen LogP contribution < -0.4 is 10.3 Å². The van der Waals surface area contributed by atoms with Gasteiger partial charge in [-0.3, -0.25) is 9.36 Å². The van der Waals surface area contributed by atoms with Gasteiger partial charge in [-0.05, 0) is 37.1 Å². The number of aromatic nitrogens is 4. The predicted octanol–water partition coefficient (Wildman–Crippen LogP) is 3.37. The molecular formula is C24H27N5O4S. The summed E-state index contributed by atoms with van der Waals surface area (Å²) < 4.78 is 35.5. The van der Waals surface area contributed by atoms with Crippen molar-refractivity contribution in [2.24, 2.45) is 5.92 Å². The largest absolute Gasteiger partial charge is 0.337 e. The Balaban J connectivity index is 1.64. The number of nitrogens with one attached hydrogen (secondary N) is 1. The minimum absolute atomic E-state index is 0.0683. The van der Waals surface area contributed by atoms with Crippen LogP contribution in [0.5, 0.6) is 0 Å². The monoisotopic (exact) mass is 481 g/mol. The molecule has 10 heteroatoms. The number of aryl methyl sites for hydroxylation is 2. The van der Waals surface area contributed by atoms with E-state index in [1.54, 1.807) is 42.5 Å². The van der Waals surface area contributed by atoms with Crippen LogP contribution in [0.15, 0.2) is 62.7 Å². The van der Waals surface area contributed by atoms with Gasteiger partial charge < -0.3 is 4.52 Å². The highest BCUT2D eigenvalue weighted by Crippen LogP contribution is 2.23. The first-order valence-electron chi connectivity index (χ1n) is 11.1. The van der Waals surface area contributed by atoms with Crippen LogP contribution in [0.25, 0.3) is 10.9 Å². The Bertz CT molecular complexity index is 1470. The molecule has 0 amide bonds. The van der Waals surface area contributed by atoms with Gasteiger partial charge in [-0.1, -0.05) is 55.8 Å². The van der Waals surface area contributed by atoms with Crippen LogP contribution in [0.1, 0.15) is 49.9 Å². The molecule has 0 unspecified atom stereocenters. The third-order valence-corrected chi connectivity index (χ3v) is 7.04. The minimum atomic E-state index is -3.80. The SMILES string of the molecule is CCc1nc2ccccc2c(=O)n1Cc1noc([C@@H](NS(=O)(=O)c2ccc(C)cc2)C(C)C)n1. The first-order chi connectivity index (χ1) is 16.2. The molecule has 34 heavy (non-hydrogen) atoms. The zero-order valence-corrected chi connectivity index (χ0v) is 20.3. The lowest BCUT2D eigenvalue weighted by atomic mass is 10.1. The molecule has 178 valence electrons. The van der Waals surface area contributed by atoms with Crippen molar-refractivity contribution in [2.75, 3.05) is 0 Å². The molecule has 0 radical (unpaired) electrons. The molecule has 2 heterocycles. The third-order valence-electron chi connectivity index (χ3n) is 5.59. The number of rotatable bonds is 8. The second-order valence-electron chi connectivity index (χ2n) is 8.49. The molecule has 2 aromatic carbocycles. The molecular weight excluding hydrogens is 454 g/mol. The average Bonchev–Trinajstić information content (AvgIpc) is 3.27. The molecule has 0 saturated heterocycles. The summed E-state index contributed by atoms with van der Waals surface area (Å²) in [4.78, 5) is 22.2. The van der Waals surface area contributed by atoms with Gasteiger partial charge >= 0.3 is 0 Å². The van der Waals surface area contributed by atoms with E-state index in [2.05, 4.69) is 19.8 Å². The fourth-order valence-electron chi connectivity index (χ4n) is 3.67. The maximum absolute atomic E-state index is 13.1. The van der Waals surface area contributed by atoms with Gasteiger partial charge in [-0.25, -0.2) is 13.4 Å². The number of hydrogen-bond acceptors (Lipinski definition) is 7. The molecule has 1 N–H and O–H groups in total. The lowest BCUT2D eigenvalue weighted by Gasteiger charge is -2.18. The fourth-order valence-corrected chi connectivity index (χ4v) is 5.01. The zero-order valence-electron chi connectivity index (χ0n) is 19.5. The Morgan fingerprint density at radius 3 is 2.44 bits per heavy atom. The lowest BCUT2D eigenvalue weighted by molar-refractivity contribution is 0.309. The summed E-state index contributed by atoms with van der Waals surface area (Å²) >= 11 is 0. The molecule has 0 aliphatic carbocycles. The summed E-state index contributed by atoms with van der Waals surface area (Å²) in [7, 11) is -3.80. The number of hydrogen-bond donors (Lipinski definition) is 1. The van der Waals surface area contributed by atoms with E-state index in [9.17, 15) is 13.2 Å². The average molecular weight is 482 g/mol. The van der Waals surface area contributed by atoms with Crippen molar-refractivity contribution in [2.45, 2.75) is 51.6 Å². The van der Waals surface area contributed by atoms with Gasteiger partial charge in [-0.2, -0.15) is 9.71 Å². The van der Waals surface area contributed by atoms with Gasteiger partial charge in [0, 0.05) is 6.42 Å². The second kappa shape index (κ2) is 9.47. The van der Waals surface area contributed by atoms with E-state index in [1.807, 2.05) is 33.8 Å². The Labute approximate surface area is 197 Å². The molecule has 4 aromatic rings. The molecule has 0 bridgehead atoms. The van der Waals surface area contributed by atoms with E-state index in [0.717, 1.165) is 5.56 Å². The first-order valence-corrected chi connectivity index (χ1v) is 12.6. The summed E-state index contributed by atoms with van der Waals surface area (Å²) in [5.41, 5.74) is 1.42. The summed E-state index contributed by atoms with van der Waals surface area (Å²) in [5, 5.41) is 4.53. The summed E-state index contributed by atoms with van der Waals surface area (Å²) in [6, 6.07) is 13.0. The van der Waals surface area contributed by atoms with Gasteiger partial charge in [0.25, 0.3) is 5.56 Å². The number of sulfonamides is 1. The first kappa shape index (κ1) is 23.8. The Morgan fingerprint density at radius 2 is 1.76 bits per heavy atom. The molecule has 0 fully saturated rings. The molecule has 4 rings (SSSR count). The Morgan fingerprint density at radius 1 is 1.06 bits per heavy atom. The standard InChI is InChI=1S/C24H27N5O4S/c1-5-21-25-19-9-7-6-8-18(19)24(30)29(21)14-20-26-23(33-27-20)22(15(2)3)28-34(31,32)17-12-10-16(4)11-13-17/h6-13,15,22,28H,5,14H2,1-4H3/t22-/m0/s1. The van der Waals surface area contributed by atoms with E-state index in [4.69, 9.17) is 4.52 Å². The van der Waals surface area contributed by atoms with Gasteiger partial charge in [0.1, 0.15) is 11.9 Å². The molecule has 0 aliphatic heterocycles. The summed E-state index contributed by atoms with van der Waals surface area (Å²) in [5.74, 6) is 0.852. The maximum Gasteiger partial charge on any atom is 0.261 e. The number of fused-ring (bicyclic) bond motifs is 1. The highest BCUT2D eigenvalue weighted by Gasteiger charge is 2.29. The second-order valence-corrected chi connectivity index (χ2v) is 10.2. The van der Waals surface area contributed by atoms with E-state index >= 15 is 0 Å². The summed E-state index contributed by atoms with van der Waals surface area (Å²) in [6.07, 6.45) is 0.551. The van der Waals surface area contributed by atoms with Gasteiger partial charge in [0.15, 0.2) is 5.82 Å². The zero-order chi connectivity index (χ0) is 24.5. The van der Waals surface area contributed by atoms with Crippen molar-refractivity contribution < 1.29 is 12.9 Å². The van der Waals surface area contributed by atoms with Crippen LogP contribution in [0.4, 0.5) is 0 Å². The minimum Gasteiger partial charge on any atom is -0.337 e. The van der Waals surface area contributed by atoms with E-state index < -0.39 is 16.1 Å². The highest BCUT2D eigenvalue weighted by atomic mass is 32.2. The van der Waals surface area contributed by atoms with Crippen LogP contribution in [-0.2, 0) is 23.0 Å². The van der Waals surface area contributed by atoms with Crippen molar-refractivity contribution in [1.29, 1.82) is 0 Å². The topological polar surface area (TPSA) is 120 Å². The van der Waals surface area contributed by atoms with Crippen LogP contribution in [0.3, 0.4) is 0 Å². The van der Waals surface area contributed by atoms with E-state index in [0.29, 0.717) is 23.1 Å². The quantitative estimate of drug-likeness (QED) is 0.410. The van der Waals surface area contributed by atoms with Crippen molar-refractivity contribution >= 4 is 20.9 Å². The normalized spacial score (nSPS) is 13.0. The van der Waals surface area contributed by atoms with E-state index in [-0.39, 0.29) is 34.6 Å². The lowest BCUT2D eigenvalue weighted by Crippen LogP contribution is -2.32. The number of benzene rings is 2. The van der Waals surface area contributed by atoms with Gasteiger partial charge in [0.05, 0.1) is 22.3 Å². The number of para-hydroxylation sites is 1. The highest BCUT2D eigenvalue weighted by molar-refractivity contribution is 7.89. The maximum atomic E-state index is 13.1. The predicted molar refractivity (Wildman–Crippen MR) is 128 cm³/mol. The summed E-state index contributed by atoms with van der Waals surface area (Å²) in [6.45, 7) is 7.60. The Hall–Kier alpha value is -3.37. The van der Waals surface area contributed by atoms with Crippen LogP contribution >= 0.6 is 0 Å². The molecule has 0 spiro atoms. The van der Waals surface area contributed by atoms with Crippen molar-refractivity contribution in [3.8, 4) is 0 Å². The van der Waals surface area contributed by atoms with Crippen molar-refractivity contribution in [1.82, 2.24) is 24.4 Å². The number of nitrogens with zero attached hydrogens (tertiary/aromatic N) is 4. The molecule has 2 aromatic heterocycles. The van der Waals surface area contributed by atoms with Crippen LogP contribution in [0, 0.1) is 12.8 Å². The third kappa shape index (κ3) is 4.78. The molecule has 9 nitrogen and oxygen atoms in total. The molecule has 1 atom stereocenters. The smallest absolute Gasteiger partial charge is 0.261 e. The van der Waals surface area contributed by atoms with E-state index in [1.165, 1.54) is 4.57 Å². The molecule has 0 aliphatic rings. The van der Waals surface area contributed by atoms with Crippen molar-refractivity contribution in [3.63, 3.8) is 0 Å². The van der Waals surface area contributed by atoms with Crippen LogP contribution in [-0.4, -0.2) is 28.1 Å². The van der Waals surface area contributed by atoms with Gasteiger partial charge in [-0.15, -0.1) is 0 Å². The fraction of sp³-hybridized carbons (Fsp3) is 0.333.